The number of nitrogens with one attached hydrogen (secondary N) is 1. The number of hydrogen-bond donors (Lipinski definition) is 1. The van der Waals surface area contributed by atoms with Crippen molar-refractivity contribution in [1.82, 2.24) is 14.8 Å². The summed E-state index contributed by atoms with van der Waals surface area (Å²) in [4.78, 5) is 13.5. The fourth-order valence-corrected chi connectivity index (χ4v) is 4.21. The maximum absolute atomic E-state index is 12.4. The largest absolute Gasteiger partial charge is 0.325 e. The fraction of sp³-hybridized carbons (Fsp3) is 0.316. The van der Waals surface area contributed by atoms with E-state index in [1.54, 1.807) is 11.3 Å². The van der Waals surface area contributed by atoms with E-state index in [0.717, 1.165) is 45.6 Å². The zero-order valence-corrected chi connectivity index (χ0v) is 16.8. The van der Waals surface area contributed by atoms with Gasteiger partial charge in [-0.15, -0.1) is 21.5 Å². The molecule has 136 valence electrons. The number of carbonyl (C=O) groups is 1. The molecule has 5 nitrogen and oxygen atoms in total. The summed E-state index contributed by atoms with van der Waals surface area (Å²) in [6.45, 7) is 6.96. The summed E-state index contributed by atoms with van der Waals surface area (Å²) in [7, 11) is 0. The number of aryl methyl sites for hydroxylation is 2. The van der Waals surface area contributed by atoms with Gasteiger partial charge in [-0.2, -0.15) is 0 Å². The van der Waals surface area contributed by atoms with E-state index in [1.807, 2.05) is 49.6 Å². The second kappa shape index (κ2) is 8.51. The van der Waals surface area contributed by atoms with Gasteiger partial charge < -0.3 is 9.88 Å². The highest BCUT2D eigenvalue weighted by molar-refractivity contribution is 7.99. The Balaban J connectivity index is 1.70. The molecule has 26 heavy (non-hydrogen) atoms. The lowest BCUT2D eigenvalue weighted by Gasteiger charge is -2.11. The van der Waals surface area contributed by atoms with Crippen LogP contribution < -0.4 is 5.32 Å². The van der Waals surface area contributed by atoms with Gasteiger partial charge in [0.1, 0.15) is 0 Å². The Labute approximate surface area is 161 Å². The van der Waals surface area contributed by atoms with Crippen molar-refractivity contribution in [1.29, 1.82) is 0 Å². The summed E-state index contributed by atoms with van der Waals surface area (Å²) >= 11 is 3.07. The first-order valence-corrected chi connectivity index (χ1v) is 10.4. The third kappa shape index (κ3) is 4.16. The molecule has 0 atom stereocenters. The van der Waals surface area contributed by atoms with Crippen LogP contribution in [0.2, 0.25) is 0 Å². The number of carbonyl (C=O) groups excluding carboxylic acids is 1. The van der Waals surface area contributed by atoms with Gasteiger partial charge in [-0.3, -0.25) is 4.79 Å². The molecule has 0 aliphatic rings. The van der Waals surface area contributed by atoms with Gasteiger partial charge in [-0.05, 0) is 42.8 Å². The number of hydrogen-bond acceptors (Lipinski definition) is 5. The van der Waals surface area contributed by atoms with Crippen LogP contribution in [0, 0.1) is 13.8 Å². The Hall–Kier alpha value is -2.12. The van der Waals surface area contributed by atoms with Crippen molar-refractivity contribution < 1.29 is 4.79 Å². The van der Waals surface area contributed by atoms with Crippen molar-refractivity contribution in [3.8, 4) is 10.7 Å². The standard InChI is InChI=1S/C19H22N4OS2/c1-4-10-23-18(15-9-6-11-25-15)21-22-19(23)26-12-16(24)20-17-13(2)7-5-8-14(17)3/h5-9,11H,4,10,12H2,1-3H3,(H,20,24). The molecule has 3 aromatic rings. The summed E-state index contributed by atoms with van der Waals surface area (Å²) < 4.78 is 2.10. The van der Waals surface area contributed by atoms with Gasteiger partial charge in [0.05, 0.1) is 10.6 Å². The molecule has 0 aliphatic heterocycles. The molecule has 0 fully saturated rings. The molecule has 0 saturated heterocycles. The zero-order chi connectivity index (χ0) is 18.5. The van der Waals surface area contributed by atoms with Crippen molar-refractivity contribution in [2.24, 2.45) is 0 Å². The summed E-state index contributed by atoms with van der Waals surface area (Å²) in [5, 5.41) is 14.5. The van der Waals surface area contributed by atoms with Crippen molar-refractivity contribution in [3.05, 3.63) is 46.8 Å². The second-order valence-electron chi connectivity index (χ2n) is 6.04. The number of rotatable bonds is 7. The van der Waals surface area contributed by atoms with Crippen molar-refractivity contribution in [2.75, 3.05) is 11.1 Å². The number of aromatic nitrogens is 3. The number of thioether (sulfide) groups is 1. The van der Waals surface area contributed by atoms with E-state index < -0.39 is 0 Å². The van der Waals surface area contributed by atoms with Gasteiger partial charge in [0.25, 0.3) is 0 Å². The van der Waals surface area contributed by atoms with Gasteiger partial charge in [0.2, 0.25) is 5.91 Å². The number of thiophene rings is 1. The molecule has 0 spiro atoms. The maximum atomic E-state index is 12.4. The van der Waals surface area contributed by atoms with Crippen molar-refractivity contribution >= 4 is 34.7 Å². The van der Waals surface area contributed by atoms with Crippen molar-refractivity contribution in [3.63, 3.8) is 0 Å². The molecule has 0 unspecified atom stereocenters. The third-order valence-corrected chi connectivity index (χ3v) is 5.82. The molecular weight excluding hydrogens is 364 g/mol. The molecule has 0 bridgehead atoms. The Morgan fingerprint density at radius 3 is 2.62 bits per heavy atom. The number of nitrogens with zero attached hydrogens (tertiary/aromatic N) is 3. The number of benzene rings is 1. The molecule has 0 radical (unpaired) electrons. The lowest BCUT2D eigenvalue weighted by molar-refractivity contribution is -0.113. The van der Waals surface area contributed by atoms with Crippen LogP contribution in [0.5, 0.6) is 0 Å². The monoisotopic (exact) mass is 386 g/mol. The molecule has 0 saturated carbocycles. The highest BCUT2D eigenvalue weighted by atomic mass is 32.2. The van der Waals surface area contributed by atoms with E-state index >= 15 is 0 Å². The molecular formula is C19H22N4OS2. The van der Waals surface area contributed by atoms with E-state index in [2.05, 4.69) is 27.0 Å². The lowest BCUT2D eigenvalue weighted by atomic mass is 10.1. The first kappa shape index (κ1) is 18.7. The molecule has 7 heteroatoms. The van der Waals surface area contributed by atoms with Crippen molar-refractivity contribution in [2.45, 2.75) is 38.9 Å². The van der Waals surface area contributed by atoms with Gasteiger partial charge in [-0.1, -0.05) is 43.0 Å². The SMILES string of the molecule is CCCn1c(SCC(=O)Nc2c(C)cccc2C)nnc1-c1cccs1. The van der Waals surface area contributed by atoms with Crippen LogP contribution in [0.3, 0.4) is 0 Å². The summed E-state index contributed by atoms with van der Waals surface area (Å²) in [6, 6.07) is 10.1. The molecule has 2 aromatic heterocycles. The second-order valence-corrected chi connectivity index (χ2v) is 7.93. The first-order chi connectivity index (χ1) is 12.6. The molecule has 1 amide bonds. The van der Waals surface area contributed by atoms with Crippen LogP contribution in [-0.2, 0) is 11.3 Å². The molecule has 1 aromatic carbocycles. The maximum Gasteiger partial charge on any atom is 0.234 e. The topological polar surface area (TPSA) is 59.8 Å². The minimum absolute atomic E-state index is 0.0314. The van der Waals surface area contributed by atoms with Gasteiger partial charge in [0.15, 0.2) is 11.0 Å². The Morgan fingerprint density at radius 1 is 1.19 bits per heavy atom. The first-order valence-electron chi connectivity index (χ1n) is 8.56. The van der Waals surface area contributed by atoms with Crippen LogP contribution in [0.1, 0.15) is 24.5 Å². The normalized spacial score (nSPS) is 10.9. The van der Waals surface area contributed by atoms with Gasteiger partial charge in [0, 0.05) is 12.2 Å². The summed E-state index contributed by atoms with van der Waals surface area (Å²) in [5.41, 5.74) is 3.03. The van der Waals surface area contributed by atoms with E-state index in [-0.39, 0.29) is 5.91 Å². The van der Waals surface area contributed by atoms with Crippen LogP contribution in [0.4, 0.5) is 5.69 Å². The minimum Gasteiger partial charge on any atom is -0.325 e. The predicted octanol–water partition coefficient (Wildman–Crippen LogP) is 4.76. The summed E-state index contributed by atoms with van der Waals surface area (Å²) in [6.07, 6.45) is 0.985. The Bertz CT molecular complexity index is 867. The number of amides is 1. The van der Waals surface area contributed by atoms with Crippen LogP contribution >= 0.6 is 23.1 Å². The number of para-hydroxylation sites is 1. The number of anilines is 1. The van der Waals surface area contributed by atoms with E-state index in [1.165, 1.54) is 11.8 Å². The molecule has 1 N–H and O–H groups in total. The molecule has 0 aliphatic carbocycles. The highest BCUT2D eigenvalue weighted by Crippen LogP contribution is 2.28. The highest BCUT2D eigenvalue weighted by Gasteiger charge is 2.16. The van der Waals surface area contributed by atoms with Gasteiger partial charge >= 0.3 is 0 Å². The molecule has 3 rings (SSSR count). The predicted molar refractivity (Wildman–Crippen MR) is 109 cm³/mol. The average molecular weight is 387 g/mol. The molecule has 2 heterocycles. The zero-order valence-electron chi connectivity index (χ0n) is 15.2. The summed E-state index contributed by atoms with van der Waals surface area (Å²) in [5.74, 6) is 1.15. The van der Waals surface area contributed by atoms with E-state index in [0.29, 0.717) is 5.75 Å². The third-order valence-electron chi connectivity index (χ3n) is 3.98. The van der Waals surface area contributed by atoms with Crippen LogP contribution in [0.15, 0.2) is 40.9 Å². The van der Waals surface area contributed by atoms with Gasteiger partial charge in [-0.25, -0.2) is 0 Å². The lowest BCUT2D eigenvalue weighted by Crippen LogP contribution is -2.16. The Kier molecular flexibility index (Phi) is 6.11. The van der Waals surface area contributed by atoms with Crippen LogP contribution in [-0.4, -0.2) is 26.4 Å². The minimum atomic E-state index is -0.0314. The van der Waals surface area contributed by atoms with Crippen LogP contribution in [0.25, 0.3) is 10.7 Å². The smallest absolute Gasteiger partial charge is 0.234 e. The van der Waals surface area contributed by atoms with E-state index in [4.69, 9.17) is 0 Å². The fourth-order valence-electron chi connectivity index (χ4n) is 2.73. The Morgan fingerprint density at radius 2 is 1.96 bits per heavy atom. The average Bonchev–Trinajstić information content (AvgIpc) is 3.26. The quantitative estimate of drug-likeness (QED) is 0.595. The van der Waals surface area contributed by atoms with E-state index in [9.17, 15) is 4.79 Å².